The molecule has 0 atom stereocenters. The summed E-state index contributed by atoms with van der Waals surface area (Å²) >= 11 is 1.59. The Morgan fingerprint density at radius 2 is 1.29 bits per heavy atom. The monoisotopic (exact) mass is 339 g/mol. The second kappa shape index (κ2) is 5.67. The van der Waals surface area contributed by atoms with E-state index >= 15 is 0 Å². The van der Waals surface area contributed by atoms with E-state index in [1.54, 1.807) is 23.0 Å². The van der Waals surface area contributed by atoms with Gasteiger partial charge >= 0.3 is 6.09 Å². The third-order valence-electron chi connectivity index (χ3n) is 2.28. The summed E-state index contributed by atoms with van der Waals surface area (Å²) < 4.78 is 4.78. The molecule has 0 fully saturated rings. The Morgan fingerprint density at radius 1 is 0.882 bits per heavy atom. The number of halogens is 1. The van der Waals surface area contributed by atoms with Gasteiger partial charge in [-0.2, -0.15) is 0 Å². The van der Waals surface area contributed by atoms with E-state index in [1.165, 1.54) is 4.90 Å². The number of hydrogen-bond acceptors (Lipinski definition) is 2. The molecule has 0 N–H and O–H groups in total. The van der Waals surface area contributed by atoms with Crippen molar-refractivity contribution < 1.29 is 7.86 Å². The van der Waals surface area contributed by atoms with Gasteiger partial charge < -0.3 is 3.07 Å². The minimum absolute atomic E-state index is 0.414. The van der Waals surface area contributed by atoms with E-state index in [4.69, 9.17) is 3.07 Å². The second-order valence-electron chi connectivity index (χ2n) is 3.35. The lowest BCUT2D eigenvalue weighted by atomic mass is 10.2. The van der Waals surface area contributed by atoms with Crippen LogP contribution in [0.5, 0.6) is 0 Å². The smallest absolute Gasteiger partial charge is 0.378 e. The maximum atomic E-state index is 11.8. The third kappa shape index (κ3) is 2.76. The van der Waals surface area contributed by atoms with Gasteiger partial charge in [0.05, 0.1) is 11.4 Å². The van der Waals surface area contributed by atoms with Crippen LogP contribution in [0.2, 0.25) is 0 Å². The molecule has 0 aromatic heterocycles. The van der Waals surface area contributed by atoms with Crippen molar-refractivity contribution in [3.8, 4) is 0 Å². The lowest BCUT2D eigenvalue weighted by molar-refractivity contribution is 0.224. The SMILES string of the molecule is O=C(OI)N(c1ccccc1)c1ccccc1. The predicted molar refractivity (Wildman–Crippen MR) is 75.5 cm³/mol. The van der Waals surface area contributed by atoms with Crippen LogP contribution in [0.1, 0.15) is 0 Å². The van der Waals surface area contributed by atoms with Crippen molar-refractivity contribution in [3.63, 3.8) is 0 Å². The first-order chi connectivity index (χ1) is 8.33. The molecule has 2 aromatic carbocycles. The zero-order chi connectivity index (χ0) is 12.1. The number of anilines is 2. The zero-order valence-corrected chi connectivity index (χ0v) is 11.1. The van der Waals surface area contributed by atoms with Gasteiger partial charge in [-0.15, -0.1) is 0 Å². The fourth-order valence-corrected chi connectivity index (χ4v) is 1.75. The minimum atomic E-state index is -0.414. The minimum Gasteiger partial charge on any atom is -0.378 e. The van der Waals surface area contributed by atoms with E-state index in [9.17, 15) is 4.79 Å². The molecule has 0 saturated heterocycles. The first kappa shape index (κ1) is 11.9. The standard InChI is InChI=1S/C13H10INO2/c14-17-13(16)15(11-7-3-1-4-8-11)12-9-5-2-6-10-12/h1-10H. The molecule has 0 heterocycles. The molecule has 2 rings (SSSR count). The van der Waals surface area contributed by atoms with Crippen LogP contribution in [-0.2, 0) is 3.07 Å². The number of para-hydroxylation sites is 2. The third-order valence-corrected chi connectivity index (χ3v) is 2.65. The van der Waals surface area contributed by atoms with Crippen LogP contribution in [0.25, 0.3) is 0 Å². The van der Waals surface area contributed by atoms with Crippen molar-refractivity contribution >= 4 is 40.5 Å². The van der Waals surface area contributed by atoms with Crippen molar-refractivity contribution in [2.24, 2.45) is 0 Å². The normalized spacial score (nSPS) is 9.71. The number of amides is 1. The molecule has 0 aliphatic rings. The first-order valence-electron chi connectivity index (χ1n) is 5.05. The van der Waals surface area contributed by atoms with Gasteiger partial charge in [-0.1, -0.05) is 36.4 Å². The lowest BCUT2D eigenvalue weighted by Gasteiger charge is -2.20. The highest BCUT2D eigenvalue weighted by molar-refractivity contribution is 14.1. The largest absolute Gasteiger partial charge is 0.428 e. The average Bonchev–Trinajstić information content (AvgIpc) is 2.41. The Kier molecular flexibility index (Phi) is 3.98. The molecule has 0 saturated carbocycles. The van der Waals surface area contributed by atoms with Gasteiger partial charge in [0, 0.05) is 0 Å². The van der Waals surface area contributed by atoms with Crippen LogP contribution in [0.3, 0.4) is 0 Å². The maximum absolute atomic E-state index is 11.8. The van der Waals surface area contributed by atoms with E-state index in [0.29, 0.717) is 0 Å². The van der Waals surface area contributed by atoms with E-state index in [-0.39, 0.29) is 0 Å². The van der Waals surface area contributed by atoms with Crippen LogP contribution in [0, 0.1) is 0 Å². The van der Waals surface area contributed by atoms with Crippen molar-refractivity contribution in [1.29, 1.82) is 0 Å². The number of rotatable bonds is 2. The highest BCUT2D eigenvalue weighted by Gasteiger charge is 2.18. The first-order valence-corrected chi connectivity index (χ1v) is 5.94. The van der Waals surface area contributed by atoms with E-state index < -0.39 is 6.09 Å². The molecule has 0 unspecified atom stereocenters. The summed E-state index contributed by atoms with van der Waals surface area (Å²) in [5.74, 6) is 0. The molecule has 3 nitrogen and oxygen atoms in total. The summed E-state index contributed by atoms with van der Waals surface area (Å²) in [6, 6.07) is 18.8. The van der Waals surface area contributed by atoms with Crippen molar-refractivity contribution in [2.75, 3.05) is 4.90 Å². The zero-order valence-electron chi connectivity index (χ0n) is 8.92. The molecule has 17 heavy (non-hydrogen) atoms. The van der Waals surface area contributed by atoms with Crippen LogP contribution >= 0.6 is 23.0 Å². The summed E-state index contributed by atoms with van der Waals surface area (Å²) in [7, 11) is 0. The molecule has 0 aliphatic carbocycles. The van der Waals surface area contributed by atoms with Gasteiger partial charge in [-0.05, 0) is 24.3 Å². The molecule has 0 aliphatic heterocycles. The van der Waals surface area contributed by atoms with Crippen molar-refractivity contribution in [3.05, 3.63) is 60.7 Å². The quantitative estimate of drug-likeness (QED) is 0.763. The Bertz CT molecular complexity index is 448. The maximum Gasteiger partial charge on any atom is 0.428 e. The fourth-order valence-electron chi connectivity index (χ4n) is 1.55. The van der Waals surface area contributed by atoms with Gasteiger partial charge in [0.2, 0.25) is 0 Å². The summed E-state index contributed by atoms with van der Waals surface area (Å²) in [6.45, 7) is 0. The summed E-state index contributed by atoms with van der Waals surface area (Å²) in [4.78, 5) is 13.3. The highest BCUT2D eigenvalue weighted by Crippen LogP contribution is 2.26. The summed E-state index contributed by atoms with van der Waals surface area (Å²) in [5, 5.41) is 0. The van der Waals surface area contributed by atoms with Gasteiger partial charge in [0.25, 0.3) is 0 Å². The molecular formula is C13H10INO2. The van der Waals surface area contributed by atoms with E-state index in [2.05, 4.69) is 0 Å². The average molecular weight is 339 g/mol. The molecule has 0 bridgehead atoms. The van der Waals surface area contributed by atoms with Crippen molar-refractivity contribution in [2.45, 2.75) is 0 Å². The van der Waals surface area contributed by atoms with Crippen molar-refractivity contribution in [1.82, 2.24) is 0 Å². The van der Waals surface area contributed by atoms with Gasteiger partial charge in [-0.25, -0.2) is 9.69 Å². The van der Waals surface area contributed by atoms with Crippen LogP contribution < -0.4 is 4.90 Å². The number of benzene rings is 2. The predicted octanol–water partition coefficient (Wildman–Crippen LogP) is 4.31. The number of carbonyl (C=O) groups is 1. The lowest BCUT2D eigenvalue weighted by Crippen LogP contribution is -2.24. The van der Waals surface area contributed by atoms with Crippen LogP contribution in [0.4, 0.5) is 16.2 Å². The van der Waals surface area contributed by atoms with Crippen LogP contribution in [-0.4, -0.2) is 6.09 Å². The van der Waals surface area contributed by atoms with Crippen LogP contribution in [0.15, 0.2) is 60.7 Å². The Morgan fingerprint density at radius 3 is 1.65 bits per heavy atom. The number of nitrogens with zero attached hydrogens (tertiary/aromatic N) is 1. The summed E-state index contributed by atoms with van der Waals surface area (Å²) in [6.07, 6.45) is -0.414. The highest BCUT2D eigenvalue weighted by atomic mass is 127. The Labute approximate surface area is 114 Å². The molecule has 0 spiro atoms. The molecular weight excluding hydrogens is 329 g/mol. The van der Waals surface area contributed by atoms with E-state index in [0.717, 1.165) is 11.4 Å². The summed E-state index contributed by atoms with van der Waals surface area (Å²) in [5.41, 5.74) is 1.56. The number of hydrogen-bond donors (Lipinski definition) is 0. The Balaban J connectivity index is 2.43. The van der Waals surface area contributed by atoms with Gasteiger partial charge in [0.15, 0.2) is 23.0 Å². The molecule has 4 heteroatoms. The van der Waals surface area contributed by atoms with Gasteiger partial charge in [0.1, 0.15) is 0 Å². The number of carbonyl (C=O) groups excluding carboxylic acids is 1. The second-order valence-corrected chi connectivity index (χ2v) is 3.79. The topological polar surface area (TPSA) is 29.5 Å². The van der Waals surface area contributed by atoms with E-state index in [1.807, 2.05) is 60.7 Å². The molecule has 1 amide bonds. The molecule has 0 radical (unpaired) electrons. The Hall–Kier alpha value is -1.56. The van der Waals surface area contributed by atoms with Gasteiger partial charge in [-0.3, -0.25) is 0 Å². The molecule has 2 aromatic rings. The molecule has 86 valence electrons. The fraction of sp³-hybridized carbons (Fsp3) is 0.